The standard InChI is InChI=1S/C20H25F5O4/c1-3-4-5-6-7-8-11-28-13(26)9-10-14(27)29-12(2)15-16(21)18(23)20(25)19(24)17(15)22/h12H,3-11H2,1-2H3. The monoisotopic (exact) mass is 424 g/mol. The maximum Gasteiger partial charge on any atom is 0.306 e. The van der Waals surface area contributed by atoms with E-state index in [2.05, 4.69) is 6.92 Å². The Labute approximate surface area is 166 Å². The first-order valence-electron chi connectivity index (χ1n) is 9.57. The minimum atomic E-state index is -2.30. The van der Waals surface area contributed by atoms with Crippen LogP contribution in [0.4, 0.5) is 22.0 Å². The average molecular weight is 424 g/mol. The summed E-state index contributed by atoms with van der Waals surface area (Å²) < 4.78 is 76.6. The molecule has 0 radical (unpaired) electrons. The van der Waals surface area contributed by atoms with Crippen LogP contribution >= 0.6 is 0 Å². The van der Waals surface area contributed by atoms with Gasteiger partial charge in [0.2, 0.25) is 5.82 Å². The number of benzene rings is 1. The minimum absolute atomic E-state index is 0.223. The zero-order valence-electron chi connectivity index (χ0n) is 16.5. The van der Waals surface area contributed by atoms with Crippen LogP contribution in [0.3, 0.4) is 0 Å². The molecule has 0 N–H and O–H groups in total. The number of halogens is 5. The van der Waals surface area contributed by atoms with Crippen molar-refractivity contribution in [1.29, 1.82) is 0 Å². The second kappa shape index (κ2) is 12.4. The quantitative estimate of drug-likeness (QED) is 0.143. The molecule has 1 unspecified atom stereocenters. The number of carbonyl (C=O) groups is 2. The molecule has 9 heteroatoms. The SMILES string of the molecule is CCCCCCCCOC(=O)CCC(=O)OC(C)c1c(F)c(F)c(F)c(F)c1F. The molecule has 4 nitrogen and oxygen atoms in total. The Balaban J connectivity index is 2.43. The summed E-state index contributed by atoms with van der Waals surface area (Å²) in [4.78, 5) is 23.3. The summed E-state index contributed by atoms with van der Waals surface area (Å²) in [6.45, 7) is 3.30. The molecule has 1 atom stereocenters. The van der Waals surface area contributed by atoms with E-state index in [1.54, 1.807) is 0 Å². The molecule has 0 aliphatic heterocycles. The zero-order chi connectivity index (χ0) is 22.0. The fourth-order valence-electron chi connectivity index (χ4n) is 2.64. The lowest BCUT2D eigenvalue weighted by molar-refractivity contribution is -0.153. The Morgan fingerprint density at radius 2 is 1.24 bits per heavy atom. The van der Waals surface area contributed by atoms with Crippen LogP contribution in [0.1, 0.15) is 76.9 Å². The highest BCUT2D eigenvalue weighted by Gasteiger charge is 2.30. The van der Waals surface area contributed by atoms with E-state index in [9.17, 15) is 31.5 Å². The van der Waals surface area contributed by atoms with Crippen molar-refractivity contribution in [3.63, 3.8) is 0 Å². The summed E-state index contributed by atoms with van der Waals surface area (Å²) in [5, 5.41) is 0. The third-order valence-corrected chi connectivity index (χ3v) is 4.25. The number of esters is 2. The number of hydrogen-bond donors (Lipinski definition) is 0. The highest BCUT2D eigenvalue weighted by atomic mass is 19.2. The van der Waals surface area contributed by atoms with Crippen LogP contribution in [0, 0.1) is 29.1 Å². The Kier molecular flexibility index (Phi) is 10.6. The molecule has 1 aromatic rings. The molecule has 29 heavy (non-hydrogen) atoms. The first-order valence-corrected chi connectivity index (χ1v) is 9.57. The molecule has 1 rings (SSSR count). The van der Waals surface area contributed by atoms with Crippen molar-refractivity contribution >= 4 is 11.9 Å². The van der Waals surface area contributed by atoms with Gasteiger partial charge in [-0.05, 0) is 13.3 Å². The summed E-state index contributed by atoms with van der Waals surface area (Å²) in [5.41, 5.74) is -1.25. The normalized spacial score (nSPS) is 12.0. The van der Waals surface area contributed by atoms with E-state index < -0.39 is 59.1 Å². The van der Waals surface area contributed by atoms with Crippen LogP contribution in [0.15, 0.2) is 0 Å². The van der Waals surface area contributed by atoms with Gasteiger partial charge in [0.15, 0.2) is 23.3 Å². The van der Waals surface area contributed by atoms with E-state index in [4.69, 9.17) is 9.47 Å². The van der Waals surface area contributed by atoms with E-state index in [0.29, 0.717) is 6.42 Å². The lowest BCUT2D eigenvalue weighted by atomic mass is 10.1. The molecule has 164 valence electrons. The topological polar surface area (TPSA) is 52.6 Å². The summed E-state index contributed by atoms with van der Waals surface area (Å²) in [7, 11) is 0. The van der Waals surface area contributed by atoms with Gasteiger partial charge in [-0.2, -0.15) is 0 Å². The molecular weight excluding hydrogens is 399 g/mol. The van der Waals surface area contributed by atoms with Crippen molar-refractivity contribution in [2.24, 2.45) is 0 Å². The van der Waals surface area contributed by atoms with Crippen LogP contribution in [0.5, 0.6) is 0 Å². The van der Waals surface area contributed by atoms with Crippen LogP contribution in [-0.2, 0) is 19.1 Å². The predicted octanol–water partition coefficient (Wildman–Crippen LogP) is 5.67. The van der Waals surface area contributed by atoms with Gasteiger partial charge < -0.3 is 9.47 Å². The summed E-state index contributed by atoms with van der Waals surface area (Å²) >= 11 is 0. The van der Waals surface area contributed by atoms with Crippen molar-refractivity contribution in [1.82, 2.24) is 0 Å². The lowest BCUT2D eigenvalue weighted by Crippen LogP contribution is -2.16. The number of carbonyl (C=O) groups excluding carboxylic acids is 2. The molecule has 0 aromatic heterocycles. The van der Waals surface area contributed by atoms with Gasteiger partial charge in [0.05, 0.1) is 25.0 Å². The second-order valence-electron chi connectivity index (χ2n) is 6.60. The van der Waals surface area contributed by atoms with Gasteiger partial charge in [-0.15, -0.1) is 0 Å². The first-order chi connectivity index (χ1) is 13.7. The smallest absolute Gasteiger partial charge is 0.306 e. The summed E-state index contributed by atoms with van der Waals surface area (Å²) in [5.74, 6) is -12.4. The number of rotatable bonds is 12. The van der Waals surface area contributed by atoms with Crippen LogP contribution in [0.2, 0.25) is 0 Å². The Morgan fingerprint density at radius 1 is 0.759 bits per heavy atom. The molecule has 0 spiro atoms. The third kappa shape index (κ3) is 7.62. The first kappa shape index (κ1) is 24.8. The Hall–Kier alpha value is -2.19. The van der Waals surface area contributed by atoms with Gasteiger partial charge >= 0.3 is 11.9 Å². The number of unbranched alkanes of at least 4 members (excludes halogenated alkanes) is 5. The molecule has 0 fully saturated rings. The minimum Gasteiger partial charge on any atom is -0.466 e. The Bertz CT molecular complexity index is 680. The molecule has 0 bridgehead atoms. The maximum absolute atomic E-state index is 13.7. The molecule has 0 aliphatic rings. The molecule has 0 saturated heterocycles. The summed E-state index contributed by atoms with van der Waals surface area (Å²) in [6.07, 6.45) is 3.59. The Morgan fingerprint density at radius 3 is 1.83 bits per heavy atom. The van der Waals surface area contributed by atoms with Gasteiger partial charge in [0.1, 0.15) is 6.10 Å². The lowest BCUT2D eigenvalue weighted by Gasteiger charge is -2.16. The largest absolute Gasteiger partial charge is 0.466 e. The molecule has 0 amide bonds. The fourth-order valence-corrected chi connectivity index (χ4v) is 2.64. The van der Waals surface area contributed by atoms with E-state index in [0.717, 1.165) is 39.0 Å². The van der Waals surface area contributed by atoms with Crippen molar-refractivity contribution in [3.8, 4) is 0 Å². The summed E-state index contributed by atoms with van der Waals surface area (Å²) in [6, 6.07) is 0. The molecule has 0 saturated carbocycles. The number of ether oxygens (including phenoxy) is 2. The van der Waals surface area contributed by atoms with Gasteiger partial charge in [-0.1, -0.05) is 39.0 Å². The third-order valence-electron chi connectivity index (χ3n) is 4.25. The van der Waals surface area contributed by atoms with E-state index in [-0.39, 0.29) is 13.0 Å². The van der Waals surface area contributed by atoms with Gasteiger partial charge in [0, 0.05) is 0 Å². The van der Waals surface area contributed by atoms with Crippen molar-refractivity contribution < 1.29 is 41.0 Å². The van der Waals surface area contributed by atoms with E-state index >= 15 is 0 Å². The van der Waals surface area contributed by atoms with Crippen LogP contribution in [0.25, 0.3) is 0 Å². The average Bonchev–Trinajstić information content (AvgIpc) is 2.68. The molecular formula is C20H25F5O4. The van der Waals surface area contributed by atoms with Crippen LogP contribution in [-0.4, -0.2) is 18.5 Å². The van der Waals surface area contributed by atoms with Crippen molar-refractivity contribution in [2.45, 2.75) is 71.3 Å². The van der Waals surface area contributed by atoms with E-state index in [1.807, 2.05) is 0 Å². The van der Waals surface area contributed by atoms with E-state index in [1.165, 1.54) is 0 Å². The fraction of sp³-hybridized carbons (Fsp3) is 0.600. The van der Waals surface area contributed by atoms with Gasteiger partial charge in [-0.25, -0.2) is 22.0 Å². The second-order valence-corrected chi connectivity index (χ2v) is 6.60. The zero-order valence-corrected chi connectivity index (χ0v) is 16.5. The highest BCUT2D eigenvalue weighted by molar-refractivity contribution is 5.77. The van der Waals surface area contributed by atoms with Crippen LogP contribution < -0.4 is 0 Å². The molecule has 0 aliphatic carbocycles. The molecule has 1 aromatic carbocycles. The highest BCUT2D eigenvalue weighted by Crippen LogP contribution is 2.29. The predicted molar refractivity (Wildman–Crippen MR) is 94.3 cm³/mol. The van der Waals surface area contributed by atoms with Crippen molar-refractivity contribution in [2.75, 3.05) is 6.61 Å². The van der Waals surface area contributed by atoms with Gasteiger partial charge in [0.25, 0.3) is 0 Å². The van der Waals surface area contributed by atoms with Gasteiger partial charge in [-0.3, -0.25) is 9.59 Å². The van der Waals surface area contributed by atoms with Crippen molar-refractivity contribution in [3.05, 3.63) is 34.6 Å². The number of hydrogen-bond acceptors (Lipinski definition) is 4. The molecule has 0 heterocycles. The maximum atomic E-state index is 13.7.